The number of hydrogen-bond acceptors (Lipinski definition) is 2. The highest BCUT2D eigenvalue weighted by Crippen LogP contribution is 2.20. The molecule has 0 aliphatic carbocycles. The van der Waals surface area contributed by atoms with E-state index in [0.717, 1.165) is 17.9 Å². The van der Waals surface area contributed by atoms with E-state index >= 15 is 0 Å². The summed E-state index contributed by atoms with van der Waals surface area (Å²) in [5.41, 5.74) is 0. The largest absolute Gasteiger partial charge is 0.312 e. The Kier molecular flexibility index (Phi) is 3.45. The summed E-state index contributed by atoms with van der Waals surface area (Å²) in [5, 5.41) is 3.62. The number of piperidine rings is 1. The van der Waals surface area contributed by atoms with Gasteiger partial charge in [-0.05, 0) is 50.7 Å². The summed E-state index contributed by atoms with van der Waals surface area (Å²) < 4.78 is 0. The Bertz CT molecular complexity index is 173. The Hall–Kier alpha value is -0.0800. The first-order valence-electron chi connectivity index (χ1n) is 6.21. The highest BCUT2D eigenvalue weighted by atomic mass is 15.2. The monoisotopic (exact) mass is 196 g/mol. The lowest BCUT2D eigenvalue weighted by Crippen LogP contribution is -2.43. The summed E-state index contributed by atoms with van der Waals surface area (Å²) in [5.74, 6) is 1.84. The number of nitrogens with zero attached hydrogens (tertiary/aromatic N) is 1. The Labute approximate surface area is 88.1 Å². The summed E-state index contributed by atoms with van der Waals surface area (Å²) in [7, 11) is 0. The van der Waals surface area contributed by atoms with Gasteiger partial charge in [-0.15, -0.1) is 0 Å². The van der Waals surface area contributed by atoms with Crippen LogP contribution in [0.4, 0.5) is 0 Å². The minimum Gasteiger partial charge on any atom is -0.312 e. The molecule has 0 radical (unpaired) electrons. The predicted molar refractivity (Wildman–Crippen MR) is 60.4 cm³/mol. The van der Waals surface area contributed by atoms with E-state index < -0.39 is 0 Å². The Morgan fingerprint density at radius 3 is 2.43 bits per heavy atom. The van der Waals surface area contributed by atoms with Gasteiger partial charge in [-0.3, -0.25) is 0 Å². The van der Waals surface area contributed by atoms with Crippen LogP contribution in [0.5, 0.6) is 0 Å². The molecule has 2 heteroatoms. The number of nitrogens with one attached hydrogen (secondary N) is 1. The zero-order chi connectivity index (χ0) is 9.97. The van der Waals surface area contributed by atoms with Gasteiger partial charge in [0.15, 0.2) is 0 Å². The molecule has 2 fully saturated rings. The number of hydrogen-bond donors (Lipinski definition) is 1. The molecule has 14 heavy (non-hydrogen) atoms. The number of likely N-dealkylation sites (tertiary alicyclic amines) is 1. The second-order valence-corrected chi connectivity index (χ2v) is 5.31. The van der Waals surface area contributed by atoms with Crippen molar-refractivity contribution in [2.75, 3.05) is 26.2 Å². The van der Waals surface area contributed by atoms with E-state index in [4.69, 9.17) is 0 Å². The van der Waals surface area contributed by atoms with Gasteiger partial charge in [0.05, 0.1) is 0 Å². The van der Waals surface area contributed by atoms with Crippen LogP contribution in [-0.4, -0.2) is 37.1 Å². The van der Waals surface area contributed by atoms with Crippen LogP contribution < -0.4 is 5.32 Å². The first-order valence-corrected chi connectivity index (χ1v) is 6.21. The predicted octanol–water partition coefficient (Wildman–Crippen LogP) is 1.72. The first-order chi connectivity index (χ1) is 6.75. The molecule has 0 saturated carbocycles. The second kappa shape index (κ2) is 4.63. The van der Waals surface area contributed by atoms with Gasteiger partial charge in [0.1, 0.15) is 0 Å². The third-order valence-electron chi connectivity index (χ3n) is 4.02. The molecule has 2 aliphatic rings. The van der Waals surface area contributed by atoms with Gasteiger partial charge >= 0.3 is 0 Å². The molecule has 2 saturated heterocycles. The fourth-order valence-electron chi connectivity index (χ4n) is 2.67. The van der Waals surface area contributed by atoms with Gasteiger partial charge in [0, 0.05) is 12.6 Å². The van der Waals surface area contributed by atoms with Gasteiger partial charge in [-0.25, -0.2) is 0 Å². The van der Waals surface area contributed by atoms with Crippen molar-refractivity contribution in [2.45, 2.75) is 39.2 Å². The topological polar surface area (TPSA) is 15.3 Å². The van der Waals surface area contributed by atoms with E-state index in [9.17, 15) is 0 Å². The third-order valence-corrected chi connectivity index (χ3v) is 4.02. The van der Waals surface area contributed by atoms with Crippen LogP contribution in [0.15, 0.2) is 0 Å². The summed E-state index contributed by atoms with van der Waals surface area (Å²) in [6, 6.07) is 0.767. The van der Waals surface area contributed by atoms with Crippen LogP contribution in [0.25, 0.3) is 0 Å². The van der Waals surface area contributed by atoms with Crippen molar-refractivity contribution in [1.82, 2.24) is 10.2 Å². The fourth-order valence-corrected chi connectivity index (χ4v) is 2.67. The zero-order valence-corrected chi connectivity index (χ0v) is 9.63. The molecule has 0 aromatic carbocycles. The number of rotatable bonds is 2. The van der Waals surface area contributed by atoms with Crippen LogP contribution in [0.2, 0.25) is 0 Å². The highest BCUT2D eigenvalue weighted by Gasteiger charge is 2.26. The molecule has 2 rings (SSSR count). The quantitative estimate of drug-likeness (QED) is 0.723. The SMILES string of the molecule is CC1CCN(CC2NCCC2C)CC1. The lowest BCUT2D eigenvalue weighted by Gasteiger charge is -2.33. The van der Waals surface area contributed by atoms with Gasteiger partial charge in [0.2, 0.25) is 0 Å². The molecular weight excluding hydrogens is 172 g/mol. The van der Waals surface area contributed by atoms with Crippen molar-refractivity contribution >= 4 is 0 Å². The van der Waals surface area contributed by atoms with Crippen molar-refractivity contribution in [3.8, 4) is 0 Å². The van der Waals surface area contributed by atoms with Crippen LogP contribution >= 0.6 is 0 Å². The van der Waals surface area contributed by atoms with Gasteiger partial charge in [-0.2, -0.15) is 0 Å². The fraction of sp³-hybridized carbons (Fsp3) is 1.00. The average Bonchev–Trinajstić information content (AvgIpc) is 2.56. The Morgan fingerprint density at radius 1 is 1.14 bits per heavy atom. The minimum absolute atomic E-state index is 0.767. The van der Waals surface area contributed by atoms with Crippen molar-refractivity contribution in [3.05, 3.63) is 0 Å². The van der Waals surface area contributed by atoms with E-state index in [-0.39, 0.29) is 0 Å². The van der Waals surface area contributed by atoms with Gasteiger partial charge in [-0.1, -0.05) is 13.8 Å². The summed E-state index contributed by atoms with van der Waals surface area (Å²) in [6.45, 7) is 9.94. The van der Waals surface area contributed by atoms with Crippen molar-refractivity contribution in [2.24, 2.45) is 11.8 Å². The summed E-state index contributed by atoms with van der Waals surface area (Å²) in [6.07, 6.45) is 4.18. The zero-order valence-electron chi connectivity index (χ0n) is 9.63. The highest BCUT2D eigenvalue weighted by molar-refractivity contribution is 4.84. The molecule has 2 atom stereocenters. The molecule has 2 heterocycles. The van der Waals surface area contributed by atoms with Crippen LogP contribution in [0, 0.1) is 11.8 Å². The molecule has 0 aromatic rings. The van der Waals surface area contributed by atoms with Crippen molar-refractivity contribution < 1.29 is 0 Å². The van der Waals surface area contributed by atoms with E-state index in [1.54, 1.807) is 0 Å². The van der Waals surface area contributed by atoms with Gasteiger partial charge < -0.3 is 10.2 Å². The summed E-state index contributed by atoms with van der Waals surface area (Å²) >= 11 is 0. The van der Waals surface area contributed by atoms with Crippen LogP contribution in [-0.2, 0) is 0 Å². The normalized spacial score (nSPS) is 36.4. The molecule has 2 nitrogen and oxygen atoms in total. The molecule has 82 valence electrons. The Balaban J connectivity index is 1.74. The summed E-state index contributed by atoms with van der Waals surface area (Å²) in [4.78, 5) is 2.65. The van der Waals surface area contributed by atoms with Crippen molar-refractivity contribution in [3.63, 3.8) is 0 Å². The van der Waals surface area contributed by atoms with Crippen molar-refractivity contribution in [1.29, 1.82) is 0 Å². The third kappa shape index (κ3) is 2.48. The smallest absolute Gasteiger partial charge is 0.0221 e. The molecule has 2 aliphatic heterocycles. The first kappa shape index (κ1) is 10.4. The molecule has 0 spiro atoms. The average molecular weight is 196 g/mol. The maximum atomic E-state index is 3.62. The van der Waals surface area contributed by atoms with Crippen LogP contribution in [0.1, 0.15) is 33.1 Å². The van der Waals surface area contributed by atoms with E-state index in [1.165, 1.54) is 45.4 Å². The van der Waals surface area contributed by atoms with Gasteiger partial charge in [0.25, 0.3) is 0 Å². The standard InChI is InChI=1S/C12H24N2/c1-10-4-7-14(8-5-10)9-12-11(2)3-6-13-12/h10-13H,3-9H2,1-2H3. The molecule has 0 amide bonds. The Morgan fingerprint density at radius 2 is 1.86 bits per heavy atom. The van der Waals surface area contributed by atoms with E-state index in [2.05, 4.69) is 24.1 Å². The molecule has 0 bridgehead atoms. The van der Waals surface area contributed by atoms with E-state index in [1.807, 2.05) is 0 Å². The molecule has 0 aromatic heterocycles. The van der Waals surface area contributed by atoms with Crippen LogP contribution in [0.3, 0.4) is 0 Å². The van der Waals surface area contributed by atoms with E-state index in [0.29, 0.717) is 0 Å². The molecule has 2 unspecified atom stereocenters. The lowest BCUT2D eigenvalue weighted by molar-refractivity contribution is 0.170. The lowest BCUT2D eigenvalue weighted by atomic mass is 9.97. The maximum absolute atomic E-state index is 3.62. The second-order valence-electron chi connectivity index (χ2n) is 5.31. The maximum Gasteiger partial charge on any atom is 0.0221 e. The minimum atomic E-state index is 0.767. The molecular formula is C12H24N2. The molecule has 1 N–H and O–H groups in total.